The van der Waals surface area contributed by atoms with E-state index in [2.05, 4.69) is 5.32 Å². The van der Waals surface area contributed by atoms with Crippen LogP contribution in [0.3, 0.4) is 0 Å². The Hall–Kier alpha value is -2.53. The third kappa shape index (κ3) is 2.63. The molecule has 2 amide bonds. The van der Waals surface area contributed by atoms with Crippen molar-refractivity contribution in [3.63, 3.8) is 0 Å². The van der Waals surface area contributed by atoms with Gasteiger partial charge in [-0.25, -0.2) is 0 Å². The molecule has 1 N–H and O–H groups in total. The molecule has 0 spiro atoms. The van der Waals surface area contributed by atoms with Crippen molar-refractivity contribution in [1.82, 2.24) is 0 Å². The van der Waals surface area contributed by atoms with Crippen LogP contribution >= 0.6 is 11.6 Å². The van der Waals surface area contributed by atoms with Crippen LogP contribution in [0.5, 0.6) is 5.75 Å². The number of likely N-dealkylation sites (N-methyl/N-ethyl adjacent to an activating group) is 1. The van der Waals surface area contributed by atoms with E-state index >= 15 is 0 Å². The number of halogens is 1. The van der Waals surface area contributed by atoms with Crippen molar-refractivity contribution in [2.24, 2.45) is 0 Å². The lowest BCUT2D eigenvalue weighted by Crippen LogP contribution is -2.35. The molecule has 1 aliphatic rings. The maximum absolute atomic E-state index is 12.2. The van der Waals surface area contributed by atoms with Crippen LogP contribution < -0.4 is 15.0 Å². The first-order valence-corrected chi connectivity index (χ1v) is 7.03. The Bertz CT molecular complexity index is 761. The highest BCUT2D eigenvalue weighted by atomic mass is 35.5. The van der Waals surface area contributed by atoms with Crippen LogP contribution in [0.15, 0.2) is 42.5 Å². The van der Waals surface area contributed by atoms with Crippen molar-refractivity contribution in [2.75, 3.05) is 23.9 Å². The Morgan fingerprint density at radius 3 is 2.82 bits per heavy atom. The van der Waals surface area contributed by atoms with E-state index in [-0.39, 0.29) is 18.4 Å². The minimum atomic E-state index is -0.300. The molecule has 112 valence electrons. The molecule has 0 saturated heterocycles. The fourth-order valence-corrected chi connectivity index (χ4v) is 2.42. The second-order valence-corrected chi connectivity index (χ2v) is 5.27. The van der Waals surface area contributed by atoms with Crippen molar-refractivity contribution in [3.8, 4) is 5.75 Å². The molecule has 0 aliphatic carbocycles. The van der Waals surface area contributed by atoms with Crippen molar-refractivity contribution in [1.29, 1.82) is 0 Å². The second-order valence-electron chi connectivity index (χ2n) is 4.86. The molecule has 5 nitrogen and oxygen atoms in total. The number of hydrogen-bond acceptors (Lipinski definition) is 3. The monoisotopic (exact) mass is 316 g/mol. The zero-order chi connectivity index (χ0) is 15.7. The molecule has 2 aromatic rings. The summed E-state index contributed by atoms with van der Waals surface area (Å²) in [5.41, 5.74) is 1.65. The minimum absolute atomic E-state index is 0.00852. The molecule has 0 atom stereocenters. The van der Waals surface area contributed by atoms with Crippen LogP contribution in [0.25, 0.3) is 0 Å². The first-order chi connectivity index (χ1) is 10.6. The molecule has 1 aliphatic heterocycles. The van der Waals surface area contributed by atoms with Gasteiger partial charge >= 0.3 is 0 Å². The summed E-state index contributed by atoms with van der Waals surface area (Å²) in [5, 5.41) is 3.16. The van der Waals surface area contributed by atoms with Crippen LogP contribution in [-0.4, -0.2) is 25.5 Å². The smallest absolute Gasteiger partial charge is 0.264 e. The molecule has 0 aromatic heterocycles. The Balaban J connectivity index is 1.84. The number of anilines is 2. The number of amides is 2. The quantitative estimate of drug-likeness (QED) is 0.926. The average Bonchev–Trinajstić information content (AvgIpc) is 2.51. The van der Waals surface area contributed by atoms with Crippen molar-refractivity contribution < 1.29 is 14.3 Å². The molecule has 0 saturated carbocycles. The highest BCUT2D eigenvalue weighted by Crippen LogP contribution is 2.33. The Morgan fingerprint density at radius 2 is 2.05 bits per heavy atom. The van der Waals surface area contributed by atoms with Crippen LogP contribution in [0.1, 0.15) is 10.4 Å². The van der Waals surface area contributed by atoms with Crippen molar-refractivity contribution >= 4 is 34.8 Å². The van der Waals surface area contributed by atoms with Gasteiger partial charge in [-0.3, -0.25) is 9.59 Å². The summed E-state index contributed by atoms with van der Waals surface area (Å²) in [4.78, 5) is 25.3. The van der Waals surface area contributed by atoms with Gasteiger partial charge in [0.1, 0.15) is 5.75 Å². The number of nitrogens with zero attached hydrogens (tertiary/aromatic N) is 1. The average molecular weight is 317 g/mol. The SMILES string of the molecule is CN1C(=O)COc2cc(NC(=O)c3ccccc3Cl)ccc21. The lowest BCUT2D eigenvalue weighted by Gasteiger charge is -2.26. The molecule has 6 heteroatoms. The number of carbonyl (C=O) groups excluding carboxylic acids is 2. The van der Waals surface area contributed by atoms with Gasteiger partial charge < -0.3 is 15.0 Å². The van der Waals surface area contributed by atoms with Gasteiger partial charge in [0, 0.05) is 18.8 Å². The summed E-state index contributed by atoms with van der Waals surface area (Å²) < 4.78 is 5.39. The van der Waals surface area contributed by atoms with Crippen LogP contribution in [0.2, 0.25) is 5.02 Å². The molecule has 0 unspecified atom stereocenters. The summed E-state index contributed by atoms with van der Waals surface area (Å²) in [5.74, 6) is 0.144. The zero-order valence-electron chi connectivity index (χ0n) is 11.8. The van der Waals surface area contributed by atoms with Gasteiger partial charge in [-0.05, 0) is 24.3 Å². The molecule has 0 fully saturated rings. The summed E-state index contributed by atoms with van der Waals surface area (Å²) in [6.07, 6.45) is 0. The number of hydrogen-bond donors (Lipinski definition) is 1. The minimum Gasteiger partial charge on any atom is -0.481 e. The highest BCUT2D eigenvalue weighted by molar-refractivity contribution is 6.34. The first kappa shape index (κ1) is 14.4. The van der Waals surface area contributed by atoms with E-state index in [1.54, 1.807) is 49.5 Å². The number of nitrogens with one attached hydrogen (secondary N) is 1. The van der Waals surface area contributed by atoms with E-state index in [0.717, 1.165) is 0 Å². The fraction of sp³-hybridized carbons (Fsp3) is 0.125. The summed E-state index contributed by atoms with van der Waals surface area (Å²) in [6.45, 7) is -0.00852. The van der Waals surface area contributed by atoms with Gasteiger partial charge in [0.05, 0.1) is 16.3 Å². The summed E-state index contributed by atoms with van der Waals surface area (Å²) >= 11 is 6.01. The van der Waals surface area contributed by atoms with E-state index in [1.807, 2.05) is 0 Å². The second kappa shape index (κ2) is 5.69. The molecule has 0 radical (unpaired) electrons. The van der Waals surface area contributed by atoms with Gasteiger partial charge in [0.25, 0.3) is 11.8 Å². The van der Waals surface area contributed by atoms with E-state index in [1.165, 1.54) is 4.90 Å². The lowest BCUT2D eigenvalue weighted by molar-refractivity contribution is -0.120. The van der Waals surface area contributed by atoms with Gasteiger partial charge in [-0.15, -0.1) is 0 Å². The van der Waals surface area contributed by atoms with Gasteiger partial charge in [0.15, 0.2) is 6.61 Å². The van der Waals surface area contributed by atoms with E-state index in [4.69, 9.17) is 16.3 Å². The summed E-state index contributed by atoms with van der Waals surface area (Å²) in [7, 11) is 1.69. The van der Waals surface area contributed by atoms with E-state index in [0.29, 0.717) is 27.7 Å². The molecular formula is C16H13ClN2O3. The zero-order valence-corrected chi connectivity index (χ0v) is 12.6. The Labute approximate surface area is 132 Å². The number of benzene rings is 2. The molecule has 0 bridgehead atoms. The number of fused-ring (bicyclic) bond motifs is 1. The molecular weight excluding hydrogens is 304 g/mol. The maximum atomic E-state index is 12.2. The predicted octanol–water partition coefficient (Wildman–Crippen LogP) is 2.95. The van der Waals surface area contributed by atoms with Gasteiger partial charge in [-0.1, -0.05) is 23.7 Å². The van der Waals surface area contributed by atoms with Crippen molar-refractivity contribution in [3.05, 3.63) is 53.1 Å². The molecule has 1 heterocycles. The Kier molecular flexibility index (Phi) is 3.73. The number of carbonyl (C=O) groups is 2. The topological polar surface area (TPSA) is 58.6 Å². The van der Waals surface area contributed by atoms with Crippen LogP contribution in [0.4, 0.5) is 11.4 Å². The van der Waals surface area contributed by atoms with Gasteiger partial charge in [-0.2, -0.15) is 0 Å². The maximum Gasteiger partial charge on any atom is 0.264 e. The summed E-state index contributed by atoms with van der Waals surface area (Å²) in [6, 6.07) is 12.0. The highest BCUT2D eigenvalue weighted by Gasteiger charge is 2.22. The van der Waals surface area contributed by atoms with Crippen LogP contribution in [-0.2, 0) is 4.79 Å². The predicted molar refractivity (Wildman–Crippen MR) is 84.8 cm³/mol. The number of rotatable bonds is 2. The third-order valence-electron chi connectivity index (χ3n) is 3.42. The van der Waals surface area contributed by atoms with Gasteiger partial charge in [0.2, 0.25) is 0 Å². The lowest BCUT2D eigenvalue weighted by atomic mass is 10.2. The molecule has 22 heavy (non-hydrogen) atoms. The normalized spacial score (nSPS) is 13.4. The molecule has 2 aromatic carbocycles. The van der Waals surface area contributed by atoms with Crippen LogP contribution in [0, 0.1) is 0 Å². The van der Waals surface area contributed by atoms with Crippen molar-refractivity contribution in [2.45, 2.75) is 0 Å². The first-order valence-electron chi connectivity index (χ1n) is 6.65. The standard InChI is InChI=1S/C16H13ClN2O3/c1-19-13-7-6-10(8-14(13)22-9-15(19)20)18-16(21)11-4-2-3-5-12(11)17/h2-8H,9H2,1H3,(H,18,21). The van der Waals surface area contributed by atoms with E-state index in [9.17, 15) is 9.59 Å². The fourth-order valence-electron chi connectivity index (χ4n) is 2.20. The Morgan fingerprint density at radius 1 is 1.27 bits per heavy atom. The third-order valence-corrected chi connectivity index (χ3v) is 3.75. The van der Waals surface area contributed by atoms with E-state index < -0.39 is 0 Å². The largest absolute Gasteiger partial charge is 0.481 e. The molecule has 3 rings (SSSR count). The number of ether oxygens (including phenoxy) is 1.